The molecule has 6 heteroatoms. The summed E-state index contributed by atoms with van der Waals surface area (Å²) in [6.07, 6.45) is 2.45. The van der Waals surface area contributed by atoms with E-state index in [1.165, 1.54) is 12.8 Å². The van der Waals surface area contributed by atoms with E-state index in [1.54, 1.807) is 26.0 Å². The molecule has 2 rings (SSSR count). The van der Waals surface area contributed by atoms with Crippen LogP contribution in [0.15, 0.2) is 0 Å². The molecule has 1 aliphatic carbocycles. The Kier molecular flexibility index (Phi) is 5.23. The van der Waals surface area contributed by atoms with Crippen molar-refractivity contribution in [1.82, 2.24) is 4.90 Å². The number of hydrogen-bond donors (Lipinski definition) is 0. The minimum absolute atomic E-state index is 0.281. The molecule has 1 amide bonds. The van der Waals surface area contributed by atoms with Crippen LogP contribution < -0.4 is 0 Å². The van der Waals surface area contributed by atoms with Crippen LogP contribution >= 0.6 is 0 Å². The van der Waals surface area contributed by atoms with Gasteiger partial charge in [-0.25, -0.2) is 4.79 Å². The fourth-order valence-corrected chi connectivity index (χ4v) is 2.53. The second kappa shape index (κ2) is 6.74. The summed E-state index contributed by atoms with van der Waals surface area (Å²) < 4.78 is 22.1. The number of likely N-dealkylation sites (tertiary alicyclic amines) is 1. The number of piperidine rings is 1. The van der Waals surface area contributed by atoms with Gasteiger partial charge in [-0.2, -0.15) is 0 Å². The highest BCUT2D eigenvalue weighted by Crippen LogP contribution is 2.33. The fraction of sp³-hybridized carbons (Fsp3) is 0.929. The van der Waals surface area contributed by atoms with Gasteiger partial charge in [0, 0.05) is 27.2 Å². The third-order valence-corrected chi connectivity index (χ3v) is 4.05. The molecule has 1 atom stereocenters. The second-order valence-corrected chi connectivity index (χ2v) is 5.38. The monoisotopic (exact) mass is 287 g/mol. The molecule has 1 unspecified atom stereocenters. The van der Waals surface area contributed by atoms with Gasteiger partial charge in [-0.05, 0) is 25.7 Å². The smallest absolute Gasteiger partial charge is 0.409 e. The Balaban J connectivity index is 1.99. The van der Waals surface area contributed by atoms with Crippen molar-refractivity contribution in [1.29, 1.82) is 0 Å². The summed E-state index contributed by atoms with van der Waals surface area (Å²) in [5.41, 5.74) is 0. The lowest BCUT2D eigenvalue weighted by Crippen LogP contribution is -2.59. The van der Waals surface area contributed by atoms with Crippen LogP contribution in [0.4, 0.5) is 4.79 Å². The first-order valence-corrected chi connectivity index (χ1v) is 7.28. The number of ether oxygens (including phenoxy) is 4. The maximum absolute atomic E-state index is 11.8. The molecule has 2 aliphatic rings. The van der Waals surface area contributed by atoms with Crippen LogP contribution in [0.5, 0.6) is 0 Å². The van der Waals surface area contributed by atoms with Gasteiger partial charge in [0.05, 0.1) is 19.8 Å². The van der Waals surface area contributed by atoms with Crippen molar-refractivity contribution in [3.05, 3.63) is 0 Å². The third kappa shape index (κ3) is 3.42. The van der Waals surface area contributed by atoms with Crippen molar-refractivity contribution in [3.8, 4) is 0 Å². The van der Waals surface area contributed by atoms with Crippen LogP contribution in [0, 0.1) is 5.92 Å². The Morgan fingerprint density at radius 3 is 2.55 bits per heavy atom. The average Bonchev–Trinajstić information content (AvgIpc) is 3.29. The molecule has 0 aromatic heterocycles. The lowest BCUT2D eigenvalue weighted by molar-refractivity contribution is -0.287. The number of hydrogen-bond acceptors (Lipinski definition) is 5. The van der Waals surface area contributed by atoms with E-state index in [9.17, 15) is 4.79 Å². The number of carbonyl (C=O) groups excluding carboxylic acids is 1. The first-order chi connectivity index (χ1) is 9.65. The Bertz CT molecular complexity index is 328. The highest BCUT2D eigenvalue weighted by molar-refractivity contribution is 5.67. The number of carbonyl (C=O) groups is 1. The van der Waals surface area contributed by atoms with Gasteiger partial charge in [0.2, 0.25) is 0 Å². The summed E-state index contributed by atoms with van der Waals surface area (Å²) in [7, 11) is 3.24. The Hall–Kier alpha value is -0.850. The topological polar surface area (TPSA) is 57.2 Å². The molecule has 0 radical (unpaired) electrons. The Morgan fingerprint density at radius 2 is 2.00 bits per heavy atom. The van der Waals surface area contributed by atoms with E-state index in [4.69, 9.17) is 18.9 Å². The van der Waals surface area contributed by atoms with Crippen molar-refractivity contribution in [2.75, 3.05) is 40.5 Å². The summed E-state index contributed by atoms with van der Waals surface area (Å²) >= 11 is 0. The van der Waals surface area contributed by atoms with Crippen LogP contribution in [0.1, 0.15) is 26.2 Å². The standard InChI is InChI=1S/C14H25NO5/c1-4-19-13(16)15-8-7-14(17-2,18-3)12(9-15)20-10-11-5-6-11/h11-12H,4-10H2,1-3H3. The molecule has 6 nitrogen and oxygen atoms in total. The first kappa shape index (κ1) is 15.5. The van der Waals surface area contributed by atoms with Gasteiger partial charge < -0.3 is 23.8 Å². The van der Waals surface area contributed by atoms with Crippen LogP contribution in [0.2, 0.25) is 0 Å². The van der Waals surface area contributed by atoms with E-state index in [2.05, 4.69) is 0 Å². The molecule has 1 saturated heterocycles. The molecule has 0 N–H and O–H groups in total. The molecule has 1 heterocycles. The maximum atomic E-state index is 11.8. The SMILES string of the molecule is CCOC(=O)N1CCC(OC)(OC)C(OCC2CC2)C1. The van der Waals surface area contributed by atoms with Gasteiger partial charge in [0.1, 0.15) is 6.10 Å². The van der Waals surface area contributed by atoms with Crippen LogP contribution in [0.25, 0.3) is 0 Å². The molecule has 20 heavy (non-hydrogen) atoms. The lowest BCUT2D eigenvalue weighted by atomic mass is 10.00. The molecule has 116 valence electrons. The number of rotatable bonds is 6. The zero-order valence-corrected chi connectivity index (χ0v) is 12.6. The summed E-state index contributed by atoms with van der Waals surface area (Å²) in [6, 6.07) is 0. The number of methoxy groups -OCH3 is 2. The first-order valence-electron chi connectivity index (χ1n) is 7.28. The van der Waals surface area contributed by atoms with Gasteiger partial charge in [0.15, 0.2) is 5.79 Å². The predicted octanol–water partition coefficient (Wildman–Crippen LogP) is 1.63. The van der Waals surface area contributed by atoms with Gasteiger partial charge in [-0.15, -0.1) is 0 Å². The molecule has 1 saturated carbocycles. The molecule has 2 fully saturated rings. The van der Waals surface area contributed by atoms with Gasteiger partial charge >= 0.3 is 6.09 Å². The van der Waals surface area contributed by atoms with Gasteiger partial charge in [-0.1, -0.05) is 0 Å². The minimum atomic E-state index is -0.766. The normalized spacial score (nSPS) is 25.6. The number of nitrogens with zero attached hydrogens (tertiary/aromatic N) is 1. The molecule has 1 aliphatic heterocycles. The third-order valence-electron chi connectivity index (χ3n) is 4.05. The fourth-order valence-electron chi connectivity index (χ4n) is 2.53. The van der Waals surface area contributed by atoms with Gasteiger partial charge in [0.25, 0.3) is 0 Å². The molecule has 0 aromatic rings. The molecular formula is C14H25NO5. The van der Waals surface area contributed by atoms with E-state index in [0.717, 1.165) is 0 Å². The van der Waals surface area contributed by atoms with E-state index in [-0.39, 0.29) is 12.2 Å². The highest BCUT2D eigenvalue weighted by atomic mass is 16.7. The molecule has 0 spiro atoms. The summed E-state index contributed by atoms with van der Waals surface area (Å²) in [5, 5.41) is 0. The summed E-state index contributed by atoms with van der Waals surface area (Å²) in [6.45, 7) is 3.87. The van der Waals surface area contributed by atoms with Crippen molar-refractivity contribution in [2.45, 2.75) is 38.1 Å². The van der Waals surface area contributed by atoms with Gasteiger partial charge in [-0.3, -0.25) is 0 Å². The average molecular weight is 287 g/mol. The van der Waals surface area contributed by atoms with E-state index < -0.39 is 5.79 Å². The number of amides is 1. The van der Waals surface area contributed by atoms with Crippen molar-refractivity contribution >= 4 is 6.09 Å². The van der Waals surface area contributed by atoms with Crippen molar-refractivity contribution in [2.24, 2.45) is 5.92 Å². The Morgan fingerprint density at radius 1 is 1.30 bits per heavy atom. The van der Waals surface area contributed by atoms with Crippen LogP contribution in [-0.2, 0) is 18.9 Å². The zero-order chi connectivity index (χ0) is 14.6. The van der Waals surface area contributed by atoms with Crippen molar-refractivity contribution in [3.63, 3.8) is 0 Å². The quantitative estimate of drug-likeness (QED) is 0.695. The molecule has 0 bridgehead atoms. The molecular weight excluding hydrogens is 262 g/mol. The van der Waals surface area contributed by atoms with E-state index in [0.29, 0.717) is 38.6 Å². The minimum Gasteiger partial charge on any atom is -0.450 e. The largest absolute Gasteiger partial charge is 0.450 e. The van der Waals surface area contributed by atoms with E-state index >= 15 is 0 Å². The Labute approximate surface area is 120 Å². The maximum Gasteiger partial charge on any atom is 0.409 e. The van der Waals surface area contributed by atoms with Crippen LogP contribution in [-0.4, -0.2) is 63.4 Å². The zero-order valence-electron chi connectivity index (χ0n) is 12.6. The van der Waals surface area contributed by atoms with Crippen molar-refractivity contribution < 1.29 is 23.7 Å². The van der Waals surface area contributed by atoms with E-state index in [1.807, 2.05) is 0 Å². The lowest BCUT2D eigenvalue weighted by Gasteiger charge is -2.44. The highest BCUT2D eigenvalue weighted by Gasteiger charge is 2.46. The van der Waals surface area contributed by atoms with Crippen LogP contribution in [0.3, 0.4) is 0 Å². The second-order valence-electron chi connectivity index (χ2n) is 5.38. The summed E-state index contributed by atoms with van der Waals surface area (Å²) in [4.78, 5) is 13.5. The molecule has 0 aromatic carbocycles. The predicted molar refractivity (Wildman–Crippen MR) is 72.4 cm³/mol. The summed E-state index contributed by atoms with van der Waals surface area (Å²) in [5.74, 6) is -0.114.